The van der Waals surface area contributed by atoms with Crippen LogP contribution in [0.5, 0.6) is 0 Å². The van der Waals surface area contributed by atoms with Crippen molar-refractivity contribution < 1.29 is 8.42 Å². The summed E-state index contributed by atoms with van der Waals surface area (Å²) in [6.45, 7) is 4.98. The molecule has 1 unspecified atom stereocenters. The highest BCUT2D eigenvalue weighted by molar-refractivity contribution is 7.91. The molecule has 0 bridgehead atoms. The van der Waals surface area contributed by atoms with Crippen molar-refractivity contribution in [1.82, 2.24) is 0 Å². The molecule has 0 aromatic heterocycles. The van der Waals surface area contributed by atoms with Crippen LogP contribution in [0.15, 0.2) is 29.2 Å². The van der Waals surface area contributed by atoms with E-state index in [0.29, 0.717) is 10.9 Å². The number of anilines is 1. The summed E-state index contributed by atoms with van der Waals surface area (Å²) in [7, 11) is -3.08. The predicted molar refractivity (Wildman–Crippen MR) is 79.4 cm³/mol. The molecule has 106 valence electrons. The van der Waals surface area contributed by atoms with Crippen LogP contribution < -0.4 is 4.90 Å². The van der Waals surface area contributed by atoms with Gasteiger partial charge in [-0.25, -0.2) is 8.42 Å². The Balaban J connectivity index is 2.22. The van der Waals surface area contributed by atoms with Crippen LogP contribution in [0.25, 0.3) is 0 Å². The summed E-state index contributed by atoms with van der Waals surface area (Å²) < 4.78 is 23.6. The molecule has 3 nitrogen and oxygen atoms in total. The number of hydrogen-bond donors (Lipinski definition) is 0. The summed E-state index contributed by atoms with van der Waals surface area (Å²) in [5.41, 5.74) is 1.15. The summed E-state index contributed by atoms with van der Waals surface area (Å²) >= 11 is 0. The first-order valence-corrected chi connectivity index (χ1v) is 8.83. The van der Waals surface area contributed by atoms with Crippen molar-refractivity contribution in [2.24, 2.45) is 0 Å². The van der Waals surface area contributed by atoms with Gasteiger partial charge in [0.1, 0.15) is 0 Å². The lowest BCUT2D eigenvalue weighted by Crippen LogP contribution is -2.39. The summed E-state index contributed by atoms with van der Waals surface area (Å²) in [5, 5.41) is 0. The molecule has 1 aromatic carbocycles. The van der Waals surface area contributed by atoms with E-state index in [1.54, 1.807) is 19.1 Å². The van der Waals surface area contributed by atoms with Gasteiger partial charge in [-0.05, 0) is 49.9 Å². The lowest BCUT2D eigenvalue weighted by Gasteiger charge is -2.37. The quantitative estimate of drug-likeness (QED) is 0.850. The Hall–Kier alpha value is -1.03. The Kier molecular flexibility index (Phi) is 4.50. The zero-order valence-electron chi connectivity index (χ0n) is 11.8. The molecule has 0 amide bonds. The standard InChI is InChI=1S/C15H23NO2S/c1-3-13-7-5-6-12-16(13)14-8-10-15(11-9-14)19(17,18)4-2/h8-11,13H,3-7,12H2,1-2H3. The Labute approximate surface area is 116 Å². The third-order valence-corrected chi connectivity index (χ3v) is 5.76. The van der Waals surface area contributed by atoms with Crippen molar-refractivity contribution in [3.05, 3.63) is 24.3 Å². The molecule has 4 heteroatoms. The van der Waals surface area contributed by atoms with Gasteiger partial charge in [-0.15, -0.1) is 0 Å². The average molecular weight is 281 g/mol. The molecule has 0 spiro atoms. The smallest absolute Gasteiger partial charge is 0.178 e. The number of nitrogens with zero attached hydrogens (tertiary/aromatic N) is 1. The zero-order valence-corrected chi connectivity index (χ0v) is 12.6. The Morgan fingerprint density at radius 3 is 2.42 bits per heavy atom. The topological polar surface area (TPSA) is 37.4 Å². The molecule has 1 aromatic rings. The van der Waals surface area contributed by atoms with Gasteiger partial charge in [-0.2, -0.15) is 0 Å². The average Bonchev–Trinajstić information content (AvgIpc) is 2.47. The van der Waals surface area contributed by atoms with Crippen molar-refractivity contribution in [2.75, 3.05) is 17.2 Å². The molecule has 2 rings (SSSR count). The highest BCUT2D eigenvalue weighted by Crippen LogP contribution is 2.27. The lowest BCUT2D eigenvalue weighted by molar-refractivity contribution is 0.450. The molecule has 1 aliphatic rings. The largest absolute Gasteiger partial charge is 0.369 e. The minimum atomic E-state index is -3.08. The monoisotopic (exact) mass is 281 g/mol. The Bertz CT molecular complexity index is 507. The first-order chi connectivity index (χ1) is 9.08. The van der Waals surface area contributed by atoms with Crippen LogP contribution in [0.2, 0.25) is 0 Å². The van der Waals surface area contributed by atoms with E-state index in [9.17, 15) is 8.42 Å². The molecular weight excluding hydrogens is 258 g/mol. The van der Waals surface area contributed by atoms with Gasteiger partial charge in [0.2, 0.25) is 0 Å². The highest BCUT2D eigenvalue weighted by atomic mass is 32.2. The van der Waals surface area contributed by atoms with Gasteiger partial charge >= 0.3 is 0 Å². The fraction of sp³-hybridized carbons (Fsp3) is 0.600. The normalized spacial score (nSPS) is 20.5. The number of benzene rings is 1. The number of piperidine rings is 1. The van der Waals surface area contributed by atoms with Gasteiger partial charge in [-0.3, -0.25) is 0 Å². The third-order valence-electron chi connectivity index (χ3n) is 4.01. The van der Waals surface area contributed by atoms with Crippen LogP contribution in [0.3, 0.4) is 0 Å². The van der Waals surface area contributed by atoms with Crippen LogP contribution in [0.4, 0.5) is 5.69 Å². The van der Waals surface area contributed by atoms with Gasteiger partial charge in [0.15, 0.2) is 9.84 Å². The van der Waals surface area contributed by atoms with E-state index in [4.69, 9.17) is 0 Å². The molecule has 1 fully saturated rings. The highest BCUT2D eigenvalue weighted by Gasteiger charge is 2.21. The van der Waals surface area contributed by atoms with Crippen LogP contribution in [0, 0.1) is 0 Å². The van der Waals surface area contributed by atoms with E-state index in [2.05, 4.69) is 11.8 Å². The van der Waals surface area contributed by atoms with Crippen LogP contribution >= 0.6 is 0 Å². The third kappa shape index (κ3) is 3.11. The molecule has 1 heterocycles. The molecule has 1 saturated heterocycles. The maximum atomic E-state index is 11.8. The second-order valence-electron chi connectivity index (χ2n) is 5.15. The first kappa shape index (κ1) is 14.4. The summed E-state index contributed by atoms with van der Waals surface area (Å²) in [6.07, 6.45) is 4.92. The van der Waals surface area contributed by atoms with Crippen molar-refractivity contribution in [2.45, 2.75) is 50.5 Å². The fourth-order valence-electron chi connectivity index (χ4n) is 2.78. The fourth-order valence-corrected chi connectivity index (χ4v) is 3.66. The minimum Gasteiger partial charge on any atom is -0.369 e. The van der Waals surface area contributed by atoms with Gasteiger partial charge in [0, 0.05) is 18.3 Å². The van der Waals surface area contributed by atoms with Crippen LogP contribution in [-0.2, 0) is 9.84 Å². The summed E-state index contributed by atoms with van der Waals surface area (Å²) in [4.78, 5) is 2.86. The maximum Gasteiger partial charge on any atom is 0.178 e. The van der Waals surface area contributed by atoms with E-state index in [-0.39, 0.29) is 5.75 Å². The zero-order chi connectivity index (χ0) is 13.9. The van der Waals surface area contributed by atoms with Gasteiger partial charge in [0.25, 0.3) is 0 Å². The van der Waals surface area contributed by atoms with E-state index in [1.807, 2.05) is 12.1 Å². The molecule has 1 atom stereocenters. The molecule has 19 heavy (non-hydrogen) atoms. The van der Waals surface area contributed by atoms with Crippen LogP contribution in [0.1, 0.15) is 39.5 Å². The van der Waals surface area contributed by atoms with E-state index < -0.39 is 9.84 Å². The SMILES string of the molecule is CCC1CCCCN1c1ccc(S(=O)(=O)CC)cc1. The van der Waals surface area contributed by atoms with E-state index in [1.165, 1.54) is 19.3 Å². The molecule has 1 aliphatic heterocycles. The second kappa shape index (κ2) is 5.95. The number of rotatable bonds is 4. The van der Waals surface area contributed by atoms with Gasteiger partial charge in [-0.1, -0.05) is 13.8 Å². The molecule has 0 saturated carbocycles. The lowest BCUT2D eigenvalue weighted by atomic mass is 9.99. The number of sulfone groups is 1. The Morgan fingerprint density at radius 2 is 1.84 bits per heavy atom. The van der Waals surface area contributed by atoms with Gasteiger partial charge < -0.3 is 4.90 Å². The van der Waals surface area contributed by atoms with Crippen molar-refractivity contribution in [1.29, 1.82) is 0 Å². The minimum absolute atomic E-state index is 0.160. The molecule has 0 N–H and O–H groups in total. The maximum absolute atomic E-state index is 11.8. The van der Waals surface area contributed by atoms with Crippen molar-refractivity contribution in [3.8, 4) is 0 Å². The number of hydrogen-bond acceptors (Lipinski definition) is 3. The van der Waals surface area contributed by atoms with Crippen molar-refractivity contribution in [3.63, 3.8) is 0 Å². The molecule has 0 aliphatic carbocycles. The summed E-state index contributed by atoms with van der Waals surface area (Å²) in [6, 6.07) is 8.00. The van der Waals surface area contributed by atoms with E-state index >= 15 is 0 Å². The molecular formula is C15H23NO2S. The summed E-state index contributed by atoms with van der Waals surface area (Å²) in [5.74, 6) is 0.160. The first-order valence-electron chi connectivity index (χ1n) is 7.18. The second-order valence-corrected chi connectivity index (χ2v) is 7.43. The molecule has 0 radical (unpaired) electrons. The van der Waals surface area contributed by atoms with E-state index in [0.717, 1.165) is 18.7 Å². The van der Waals surface area contributed by atoms with Crippen molar-refractivity contribution >= 4 is 15.5 Å². The predicted octanol–water partition coefficient (Wildman–Crippen LogP) is 3.25. The van der Waals surface area contributed by atoms with Gasteiger partial charge in [0.05, 0.1) is 10.6 Å². The van der Waals surface area contributed by atoms with Crippen LogP contribution in [-0.4, -0.2) is 26.8 Å². The Morgan fingerprint density at radius 1 is 1.16 bits per heavy atom.